The van der Waals surface area contributed by atoms with E-state index in [0.29, 0.717) is 9.13 Å². The normalized spacial score (nSPS) is 11.5. The monoisotopic (exact) mass is 328 g/mol. The van der Waals surface area contributed by atoms with Gasteiger partial charge in [-0.3, -0.25) is 18.7 Å². The summed E-state index contributed by atoms with van der Waals surface area (Å²) in [6.45, 7) is 0. The molecule has 0 aliphatic carbocycles. The second-order valence-corrected chi connectivity index (χ2v) is 3.55. The Bertz CT molecular complexity index is 559. The van der Waals surface area contributed by atoms with Gasteiger partial charge >= 0.3 is 24.2 Å². The van der Waals surface area contributed by atoms with E-state index in [1.807, 2.05) is 0 Å². The summed E-state index contributed by atoms with van der Waals surface area (Å²) >= 11 is 0. The molecule has 120 valence electrons. The smallest absolute Gasteiger partial charge is 0.269 e. The Morgan fingerprint density at radius 1 is 0.727 bits per heavy atom. The molecule has 0 aliphatic rings. The molecule has 0 unspecified atom stereocenters. The van der Waals surface area contributed by atoms with Crippen molar-refractivity contribution in [2.45, 2.75) is 12.4 Å². The van der Waals surface area contributed by atoms with Crippen molar-refractivity contribution in [1.29, 1.82) is 0 Å². The van der Waals surface area contributed by atoms with Gasteiger partial charge in [-0.2, -0.15) is 26.3 Å². The van der Waals surface area contributed by atoms with Gasteiger partial charge in [0.05, 0.1) is 0 Å². The summed E-state index contributed by atoms with van der Waals surface area (Å²) in [7, 11) is 0. The van der Waals surface area contributed by atoms with E-state index in [1.165, 1.54) is 0 Å². The molecule has 0 spiro atoms. The molecule has 0 atom stereocenters. The van der Waals surface area contributed by atoms with Crippen LogP contribution in [0.4, 0.5) is 26.3 Å². The predicted molar refractivity (Wildman–Crippen MR) is 57.8 cm³/mol. The first-order valence-corrected chi connectivity index (χ1v) is 5.22. The summed E-state index contributed by atoms with van der Waals surface area (Å²) in [6.07, 6.45) is -3.98. The average molecular weight is 328 g/mol. The summed E-state index contributed by atoms with van der Waals surface area (Å²) in [6, 6.07) is 0. The van der Waals surface area contributed by atoms with Crippen LogP contribution in [0.5, 0.6) is 0 Å². The molecule has 6 nitrogen and oxygen atoms in total. The molecular formula is C10H6F6N4O2. The third-order valence-corrected chi connectivity index (χ3v) is 1.96. The first-order valence-electron chi connectivity index (χ1n) is 5.22. The van der Waals surface area contributed by atoms with Gasteiger partial charge < -0.3 is 0 Å². The molecule has 0 radical (unpaired) electrons. The maximum Gasteiger partial charge on any atom is 0.472 e. The molecule has 0 N–H and O–H groups in total. The highest BCUT2D eigenvalue weighted by Gasteiger charge is 2.40. The minimum atomic E-state index is -4.83. The lowest BCUT2D eigenvalue weighted by atomic mass is 10.6. The van der Waals surface area contributed by atoms with Crippen molar-refractivity contribution in [3.63, 3.8) is 0 Å². The zero-order valence-electron chi connectivity index (χ0n) is 10.3. The molecule has 0 saturated carbocycles. The first kappa shape index (κ1) is 17.4. The Labute approximate surface area is 118 Å². The van der Waals surface area contributed by atoms with E-state index in [-0.39, 0.29) is 0 Å². The first-order chi connectivity index (χ1) is 10.0. The van der Waals surface area contributed by atoms with Gasteiger partial charge in [0, 0.05) is 24.8 Å². The lowest BCUT2D eigenvalue weighted by molar-refractivity contribution is -0.0948. The molecule has 0 amide bonds. The Morgan fingerprint density at radius 3 is 1.23 bits per heavy atom. The Kier molecular flexibility index (Phi) is 5.06. The summed E-state index contributed by atoms with van der Waals surface area (Å²) < 4.78 is 70.4. The van der Waals surface area contributed by atoms with Crippen LogP contribution in [0, 0.1) is 0 Å². The number of hydrogen-bond donors (Lipinski definition) is 0. The van der Waals surface area contributed by atoms with E-state index >= 15 is 0 Å². The Hall–Kier alpha value is -2.66. The highest BCUT2D eigenvalue weighted by atomic mass is 19.4. The molecule has 0 bridgehead atoms. The summed E-state index contributed by atoms with van der Waals surface area (Å²) in [5, 5.41) is 0. The highest BCUT2D eigenvalue weighted by Crippen LogP contribution is 2.17. The molecule has 0 fully saturated rings. The van der Waals surface area contributed by atoms with Crippen LogP contribution >= 0.6 is 0 Å². The third kappa shape index (κ3) is 4.71. The second-order valence-electron chi connectivity index (χ2n) is 3.55. The van der Waals surface area contributed by atoms with Gasteiger partial charge in [-0.25, -0.2) is 9.97 Å². The van der Waals surface area contributed by atoms with Crippen LogP contribution in [0.25, 0.3) is 0 Å². The number of aromatic nitrogens is 4. The number of imidazole rings is 2. The fourth-order valence-corrected chi connectivity index (χ4v) is 1.05. The zero-order chi connectivity index (χ0) is 17.0. The number of rotatable bonds is 0. The van der Waals surface area contributed by atoms with Crippen LogP contribution in [0.15, 0.2) is 37.4 Å². The topological polar surface area (TPSA) is 69.8 Å². The number of carbonyl (C=O) groups excluding carboxylic acids is 2. The summed E-state index contributed by atoms with van der Waals surface area (Å²) in [5.74, 6) is -3.87. The highest BCUT2D eigenvalue weighted by molar-refractivity contribution is 5.84. The zero-order valence-corrected chi connectivity index (χ0v) is 10.3. The van der Waals surface area contributed by atoms with E-state index < -0.39 is 24.2 Å². The molecular weight excluding hydrogens is 322 g/mol. The molecule has 2 rings (SSSR count). The van der Waals surface area contributed by atoms with Crippen LogP contribution < -0.4 is 0 Å². The van der Waals surface area contributed by atoms with Gasteiger partial charge in [0.25, 0.3) is 0 Å². The van der Waals surface area contributed by atoms with Crippen molar-refractivity contribution in [1.82, 2.24) is 19.1 Å². The second kappa shape index (κ2) is 6.41. The molecule has 2 aromatic rings. The van der Waals surface area contributed by atoms with E-state index in [9.17, 15) is 35.9 Å². The van der Waals surface area contributed by atoms with Crippen molar-refractivity contribution in [2.24, 2.45) is 0 Å². The third-order valence-electron chi connectivity index (χ3n) is 1.96. The average Bonchev–Trinajstić information content (AvgIpc) is 3.08. The van der Waals surface area contributed by atoms with E-state index in [4.69, 9.17) is 0 Å². The van der Waals surface area contributed by atoms with Crippen LogP contribution in [0.1, 0.15) is 9.59 Å². The lowest BCUT2D eigenvalue weighted by Crippen LogP contribution is -2.27. The largest absolute Gasteiger partial charge is 0.472 e. The van der Waals surface area contributed by atoms with Gasteiger partial charge in [-0.15, -0.1) is 0 Å². The van der Waals surface area contributed by atoms with E-state index in [0.717, 1.165) is 37.4 Å². The van der Waals surface area contributed by atoms with Gasteiger partial charge in [-0.05, 0) is 0 Å². The molecule has 2 heterocycles. The van der Waals surface area contributed by atoms with Crippen LogP contribution in [-0.4, -0.2) is 43.3 Å². The maximum absolute atomic E-state index is 11.6. The van der Waals surface area contributed by atoms with Gasteiger partial charge in [0.15, 0.2) is 0 Å². The number of carbonyl (C=O) groups is 2. The molecule has 2 aromatic heterocycles. The molecule has 0 aliphatic heterocycles. The fourth-order valence-electron chi connectivity index (χ4n) is 1.05. The number of hydrogen-bond acceptors (Lipinski definition) is 4. The Morgan fingerprint density at radius 2 is 1.05 bits per heavy atom. The number of nitrogens with zero attached hydrogens (tertiary/aromatic N) is 4. The SMILES string of the molecule is O=C(n1ccnc1)C(F)(F)F.O=C(n1ccnc1)C(F)(F)F. The van der Waals surface area contributed by atoms with Crippen LogP contribution in [0.3, 0.4) is 0 Å². The van der Waals surface area contributed by atoms with Gasteiger partial charge in [0.2, 0.25) is 0 Å². The number of halogens is 6. The Balaban J connectivity index is 0.000000220. The fraction of sp³-hybridized carbons (Fsp3) is 0.200. The van der Waals surface area contributed by atoms with Crippen LogP contribution in [-0.2, 0) is 0 Å². The molecule has 12 heteroatoms. The molecule has 0 saturated heterocycles. The molecule has 0 aromatic carbocycles. The van der Waals surface area contributed by atoms with Gasteiger partial charge in [-0.1, -0.05) is 0 Å². The van der Waals surface area contributed by atoms with Crippen molar-refractivity contribution < 1.29 is 35.9 Å². The van der Waals surface area contributed by atoms with E-state index in [1.54, 1.807) is 0 Å². The van der Waals surface area contributed by atoms with Crippen molar-refractivity contribution >= 4 is 11.8 Å². The van der Waals surface area contributed by atoms with Crippen molar-refractivity contribution in [3.8, 4) is 0 Å². The summed E-state index contributed by atoms with van der Waals surface area (Å²) in [4.78, 5) is 27.2. The molecule has 22 heavy (non-hydrogen) atoms. The predicted octanol–water partition coefficient (Wildman–Crippen LogP) is 2.17. The van der Waals surface area contributed by atoms with Crippen LogP contribution in [0.2, 0.25) is 0 Å². The quantitative estimate of drug-likeness (QED) is 0.695. The van der Waals surface area contributed by atoms with Crippen molar-refractivity contribution in [3.05, 3.63) is 37.4 Å². The lowest BCUT2D eigenvalue weighted by Gasteiger charge is -2.03. The maximum atomic E-state index is 11.6. The minimum absolute atomic E-state index is 0.375. The standard InChI is InChI=1S/2C5H3F3N2O/c2*6-5(7,8)4(11)10-2-1-9-3-10/h2*1-3H. The van der Waals surface area contributed by atoms with Gasteiger partial charge in [0.1, 0.15) is 12.7 Å². The van der Waals surface area contributed by atoms with Crippen molar-refractivity contribution in [2.75, 3.05) is 0 Å². The minimum Gasteiger partial charge on any atom is -0.269 e. The van der Waals surface area contributed by atoms with E-state index in [2.05, 4.69) is 9.97 Å². The summed E-state index contributed by atoms with van der Waals surface area (Å²) in [5.41, 5.74) is 0. The number of alkyl halides is 6.